The second-order valence-corrected chi connectivity index (χ2v) is 8.05. The van der Waals surface area contributed by atoms with Crippen LogP contribution in [-0.2, 0) is 23.1 Å². The summed E-state index contributed by atoms with van der Waals surface area (Å²) in [6.07, 6.45) is 4.58. The molecule has 1 heterocycles. The Morgan fingerprint density at radius 2 is 1.75 bits per heavy atom. The number of amides is 3. The Hall–Kier alpha value is -2.80. The molecule has 176 valence electrons. The smallest absolute Gasteiger partial charge is 0.322 e. The summed E-state index contributed by atoms with van der Waals surface area (Å²) in [5.74, 6) is -0.0462. The Morgan fingerprint density at radius 1 is 1.03 bits per heavy atom. The van der Waals surface area contributed by atoms with E-state index in [1.54, 1.807) is 4.90 Å². The fourth-order valence-corrected chi connectivity index (χ4v) is 3.35. The number of anilines is 1. The SMILES string of the molecule is CCCCN(Cc1cccn1C)C(=O)CN(CCCOCC)C(=O)Nc1ccc(C)cc1. The fraction of sp³-hybridized carbons (Fsp3) is 0.520. The molecule has 7 heteroatoms. The Kier molecular flexibility index (Phi) is 10.8. The molecule has 2 rings (SSSR count). The molecule has 0 aliphatic rings. The lowest BCUT2D eigenvalue weighted by Crippen LogP contribution is -2.45. The second-order valence-electron chi connectivity index (χ2n) is 8.05. The number of hydrogen-bond acceptors (Lipinski definition) is 3. The molecule has 0 saturated heterocycles. The van der Waals surface area contributed by atoms with E-state index < -0.39 is 0 Å². The number of aryl methyl sites for hydroxylation is 2. The highest BCUT2D eigenvalue weighted by atomic mass is 16.5. The molecular formula is C25H38N4O3. The van der Waals surface area contributed by atoms with Crippen LogP contribution in [0.2, 0.25) is 0 Å². The number of aromatic nitrogens is 1. The molecule has 0 aliphatic heterocycles. The van der Waals surface area contributed by atoms with Gasteiger partial charge in [-0.05, 0) is 51.0 Å². The van der Waals surface area contributed by atoms with Gasteiger partial charge >= 0.3 is 6.03 Å². The highest BCUT2D eigenvalue weighted by Gasteiger charge is 2.22. The Bertz CT molecular complexity index is 832. The third-order valence-electron chi connectivity index (χ3n) is 5.38. The normalized spacial score (nSPS) is 10.8. The minimum Gasteiger partial charge on any atom is -0.382 e. The van der Waals surface area contributed by atoms with Gasteiger partial charge in [-0.2, -0.15) is 0 Å². The van der Waals surface area contributed by atoms with Crippen molar-refractivity contribution in [3.8, 4) is 0 Å². The van der Waals surface area contributed by atoms with Gasteiger partial charge in [-0.15, -0.1) is 0 Å². The molecular weight excluding hydrogens is 404 g/mol. The topological polar surface area (TPSA) is 66.8 Å². The zero-order chi connectivity index (χ0) is 23.3. The van der Waals surface area contributed by atoms with Crippen molar-refractivity contribution in [1.82, 2.24) is 14.4 Å². The molecule has 1 aromatic heterocycles. The summed E-state index contributed by atoms with van der Waals surface area (Å²) in [4.78, 5) is 29.7. The molecule has 7 nitrogen and oxygen atoms in total. The van der Waals surface area contributed by atoms with E-state index in [1.165, 1.54) is 0 Å². The Labute approximate surface area is 192 Å². The molecule has 0 aliphatic carbocycles. The highest BCUT2D eigenvalue weighted by Crippen LogP contribution is 2.12. The van der Waals surface area contributed by atoms with Crippen LogP contribution in [0.3, 0.4) is 0 Å². The number of hydrogen-bond donors (Lipinski definition) is 1. The predicted octanol–water partition coefficient (Wildman–Crippen LogP) is 4.42. The number of carbonyl (C=O) groups is 2. The zero-order valence-corrected chi connectivity index (χ0v) is 20.0. The van der Waals surface area contributed by atoms with Gasteiger partial charge in [0.1, 0.15) is 6.54 Å². The third kappa shape index (κ3) is 8.38. The summed E-state index contributed by atoms with van der Waals surface area (Å²) in [6.45, 7) is 8.95. The minimum absolute atomic E-state index is 0.0396. The van der Waals surface area contributed by atoms with Crippen molar-refractivity contribution in [2.24, 2.45) is 7.05 Å². The van der Waals surface area contributed by atoms with Crippen LogP contribution in [0.4, 0.5) is 10.5 Å². The summed E-state index contributed by atoms with van der Waals surface area (Å²) >= 11 is 0. The van der Waals surface area contributed by atoms with Crippen molar-refractivity contribution in [2.45, 2.75) is 46.6 Å². The largest absolute Gasteiger partial charge is 0.382 e. The first-order valence-corrected chi connectivity index (χ1v) is 11.5. The van der Waals surface area contributed by atoms with Gasteiger partial charge in [-0.3, -0.25) is 4.79 Å². The van der Waals surface area contributed by atoms with Crippen molar-refractivity contribution in [3.63, 3.8) is 0 Å². The maximum Gasteiger partial charge on any atom is 0.322 e. The molecule has 0 bridgehead atoms. The highest BCUT2D eigenvalue weighted by molar-refractivity contribution is 5.92. The first-order valence-electron chi connectivity index (χ1n) is 11.5. The summed E-state index contributed by atoms with van der Waals surface area (Å²) in [5.41, 5.74) is 2.91. The average molecular weight is 443 g/mol. The lowest BCUT2D eigenvalue weighted by molar-refractivity contribution is -0.132. The molecule has 0 fully saturated rings. The van der Waals surface area contributed by atoms with Gasteiger partial charge in [0.25, 0.3) is 0 Å². The molecule has 0 unspecified atom stereocenters. The van der Waals surface area contributed by atoms with E-state index in [0.717, 1.165) is 29.8 Å². The van der Waals surface area contributed by atoms with Crippen molar-refractivity contribution in [1.29, 1.82) is 0 Å². The number of nitrogens with one attached hydrogen (secondary N) is 1. The molecule has 0 saturated carbocycles. The second kappa shape index (κ2) is 13.6. The number of unbranched alkanes of at least 4 members (excludes halogenated alkanes) is 1. The number of ether oxygens (including phenoxy) is 1. The van der Waals surface area contributed by atoms with Crippen molar-refractivity contribution < 1.29 is 14.3 Å². The van der Waals surface area contributed by atoms with Crippen LogP contribution in [0.15, 0.2) is 42.6 Å². The minimum atomic E-state index is -0.270. The van der Waals surface area contributed by atoms with E-state index in [4.69, 9.17) is 4.74 Å². The predicted molar refractivity (Wildman–Crippen MR) is 129 cm³/mol. The molecule has 0 spiro atoms. The molecule has 0 radical (unpaired) electrons. The monoisotopic (exact) mass is 442 g/mol. The van der Waals surface area contributed by atoms with E-state index in [1.807, 2.05) is 73.0 Å². The standard InChI is InChI=1S/C25H38N4O3/c1-5-7-16-28(19-23-10-8-15-27(23)4)24(30)20-29(17-9-18-32-6-2)25(31)26-22-13-11-21(3)12-14-22/h8,10-15H,5-7,9,16-20H2,1-4H3,(H,26,31). The van der Waals surface area contributed by atoms with E-state index in [0.29, 0.717) is 39.3 Å². The summed E-state index contributed by atoms with van der Waals surface area (Å²) in [5, 5.41) is 2.92. The number of urea groups is 1. The van der Waals surface area contributed by atoms with Crippen LogP contribution in [0, 0.1) is 6.92 Å². The van der Waals surface area contributed by atoms with Gasteiger partial charge in [0.05, 0.1) is 6.54 Å². The van der Waals surface area contributed by atoms with Crippen molar-refractivity contribution in [3.05, 3.63) is 53.9 Å². The van der Waals surface area contributed by atoms with Crippen LogP contribution in [0.1, 0.15) is 44.4 Å². The Morgan fingerprint density at radius 3 is 2.38 bits per heavy atom. The van der Waals surface area contributed by atoms with Crippen LogP contribution < -0.4 is 5.32 Å². The van der Waals surface area contributed by atoms with Crippen molar-refractivity contribution in [2.75, 3.05) is 38.2 Å². The first kappa shape index (κ1) is 25.5. The van der Waals surface area contributed by atoms with E-state index in [2.05, 4.69) is 12.2 Å². The van der Waals surface area contributed by atoms with Gasteiger partial charge in [0.2, 0.25) is 5.91 Å². The van der Waals surface area contributed by atoms with Gasteiger partial charge in [0, 0.05) is 50.9 Å². The maximum absolute atomic E-state index is 13.3. The first-order chi connectivity index (χ1) is 15.4. The maximum atomic E-state index is 13.3. The van der Waals surface area contributed by atoms with Gasteiger partial charge < -0.3 is 24.4 Å². The van der Waals surface area contributed by atoms with E-state index in [-0.39, 0.29) is 18.5 Å². The molecule has 1 aromatic carbocycles. The molecule has 32 heavy (non-hydrogen) atoms. The van der Waals surface area contributed by atoms with Gasteiger partial charge in [0.15, 0.2) is 0 Å². The fourth-order valence-electron chi connectivity index (χ4n) is 3.35. The molecule has 0 atom stereocenters. The van der Waals surface area contributed by atoms with E-state index in [9.17, 15) is 9.59 Å². The lowest BCUT2D eigenvalue weighted by Gasteiger charge is -2.28. The lowest BCUT2D eigenvalue weighted by atomic mass is 10.2. The van der Waals surface area contributed by atoms with Crippen LogP contribution in [-0.4, -0.2) is 59.2 Å². The zero-order valence-electron chi connectivity index (χ0n) is 20.0. The number of nitrogens with zero attached hydrogens (tertiary/aromatic N) is 3. The Balaban J connectivity index is 2.08. The van der Waals surface area contributed by atoms with Crippen LogP contribution in [0.25, 0.3) is 0 Å². The summed E-state index contributed by atoms with van der Waals surface area (Å²) in [7, 11) is 1.98. The summed E-state index contributed by atoms with van der Waals surface area (Å²) in [6, 6.07) is 11.4. The number of carbonyl (C=O) groups excluding carboxylic acids is 2. The average Bonchev–Trinajstić information content (AvgIpc) is 3.19. The number of benzene rings is 1. The molecule has 1 N–H and O–H groups in total. The van der Waals surface area contributed by atoms with Gasteiger partial charge in [-0.1, -0.05) is 31.0 Å². The quantitative estimate of drug-likeness (QED) is 0.467. The van der Waals surface area contributed by atoms with Crippen LogP contribution >= 0.6 is 0 Å². The van der Waals surface area contributed by atoms with E-state index >= 15 is 0 Å². The molecule has 2 aromatic rings. The number of rotatable bonds is 13. The van der Waals surface area contributed by atoms with Gasteiger partial charge in [-0.25, -0.2) is 4.79 Å². The van der Waals surface area contributed by atoms with Crippen molar-refractivity contribution >= 4 is 17.6 Å². The van der Waals surface area contributed by atoms with Crippen LogP contribution in [0.5, 0.6) is 0 Å². The summed E-state index contributed by atoms with van der Waals surface area (Å²) < 4.78 is 7.45. The molecule has 3 amide bonds. The third-order valence-corrected chi connectivity index (χ3v) is 5.38.